The van der Waals surface area contributed by atoms with E-state index in [1.165, 1.54) is 34.0 Å². The SMILES string of the molecule is COc1cc(NC(=O)/C(C)=C(\O)[C@@H]2Oc3c(O)ccc4c3[C@@]23CCN(CC2CC2)[C@H](C4)[C@@]3(C)O)cc(OC)c1. The molecule has 1 amide bonds. The topological polar surface area (TPSA) is 121 Å². The normalized spacial score (nSPS) is 29.7. The number of nitrogens with one attached hydrogen (secondary N) is 1. The van der Waals surface area contributed by atoms with Gasteiger partial charge in [0.15, 0.2) is 17.6 Å². The number of piperidine rings is 1. The maximum absolute atomic E-state index is 13.4. The smallest absolute Gasteiger partial charge is 0.254 e. The Bertz CT molecular complexity index is 1340. The summed E-state index contributed by atoms with van der Waals surface area (Å²) in [6, 6.07) is 8.34. The molecule has 9 nitrogen and oxygen atoms in total. The molecular weight excluding hydrogens is 500 g/mol. The summed E-state index contributed by atoms with van der Waals surface area (Å²) in [4.78, 5) is 15.7. The van der Waals surface area contributed by atoms with Gasteiger partial charge in [0.25, 0.3) is 5.91 Å². The number of nitrogens with zero attached hydrogens (tertiary/aromatic N) is 1. The molecule has 2 aromatic rings. The van der Waals surface area contributed by atoms with Crippen LogP contribution in [0.25, 0.3) is 0 Å². The number of aliphatic hydroxyl groups excluding tert-OH is 1. The van der Waals surface area contributed by atoms with Crippen molar-refractivity contribution in [1.82, 2.24) is 4.90 Å². The average molecular weight is 537 g/mol. The first kappa shape index (κ1) is 25.8. The van der Waals surface area contributed by atoms with Crippen molar-refractivity contribution in [2.75, 3.05) is 32.6 Å². The van der Waals surface area contributed by atoms with Gasteiger partial charge in [-0.15, -0.1) is 0 Å². The third-order valence-corrected chi connectivity index (χ3v) is 9.32. The molecule has 4 N–H and O–H groups in total. The number of benzene rings is 2. The minimum atomic E-state index is -1.28. The molecule has 4 atom stereocenters. The van der Waals surface area contributed by atoms with E-state index in [9.17, 15) is 20.1 Å². The molecule has 2 aromatic carbocycles. The van der Waals surface area contributed by atoms with Crippen molar-refractivity contribution in [3.8, 4) is 23.0 Å². The molecule has 0 aromatic heterocycles. The highest BCUT2D eigenvalue weighted by atomic mass is 16.5. The molecule has 6 rings (SSSR count). The Morgan fingerprint density at radius 1 is 1.18 bits per heavy atom. The van der Waals surface area contributed by atoms with Crippen LogP contribution in [0.4, 0.5) is 5.69 Å². The van der Waals surface area contributed by atoms with Gasteiger partial charge in [0.05, 0.1) is 30.8 Å². The fourth-order valence-corrected chi connectivity index (χ4v) is 6.99. The molecule has 0 radical (unpaired) electrons. The lowest BCUT2D eigenvalue weighted by atomic mass is 9.53. The Morgan fingerprint density at radius 3 is 2.51 bits per heavy atom. The van der Waals surface area contributed by atoms with Gasteiger partial charge in [-0.2, -0.15) is 0 Å². The summed E-state index contributed by atoms with van der Waals surface area (Å²) in [6.07, 6.45) is 2.54. The van der Waals surface area contributed by atoms with Gasteiger partial charge in [-0.05, 0) is 63.6 Å². The van der Waals surface area contributed by atoms with Gasteiger partial charge in [-0.3, -0.25) is 9.69 Å². The molecule has 208 valence electrons. The van der Waals surface area contributed by atoms with E-state index in [0.29, 0.717) is 35.9 Å². The molecule has 9 heteroatoms. The van der Waals surface area contributed by atoms with Gasteiger partial charge >= 0.3 is 0 Å². The first-order chi connectivity index (χ1) is 18.6. The Hall–Kier alpha value is -3.43. The number of aliphatic hydroxyl groups is 2. The lowest BCUT2D eigenvalue weighted by Crippen LogP contribution is -2.73. The van der Waals surface area contributed by atoms with E-state index in [1.807, 2.05) is 13.0 Å². The first-order valence-corrected chi connectivity index (χ1v) is 13.5. The summed E-state index contributed by atoms with van der Waals surface area (Å²) in [5.41, 5.74) is -0.0531. The summed E-state index contributed by atoms with van der Waals surface area (Å²) in [5.74, 6) is 1.13. The third-order valence-electron chi connectivity index (χ3n) is 9.32. The second-order valence-electron chi connectivity index (χ2n) is 11.5. The number of fused-ring (bicyclic) bond motifs is 1. The zero-order chi connectivity index (χ0) is 27.7. The van der Waals surface area contributed by atoms with Crippen LogP contribution in [0.1, 0.15) is 44.2 Å². The van der Waals surface area contributed by atoms with E-state index in [1.54, 1.807) is 24.3 Å². The van der Waals surface area contributed by atoms with Crippen molar-refractivity contribution >= 4 is 11.6 Å². The number of ether oxygens (including phenoxy) is 3. The standard InChI is InChI=1S/C30H36N2O7/c1-16(28(35)31-19-12-20(37-3)14-21(13-19)38-4)25(34)27-30-9-10-32(15-17-5-6-17)23(29(30,2)36)11-18-7-8-22(33)26(39-27)24(18)30/h7-8,12-14,17,23,27,33-34,36H,5-6,9-11,15H2,1-4H3,(H,31,35)/b25-16-/t23-,27+,29-,30+/m1/s1. The number of phenols is 1. The molecule has 4 aliphatic rings. The van der Waals surface area contributed by atoms with Gasteiger partial charge in [-0.25, -0.2) is 0 Å². The van der Waals surface area contributed by atoms with Crippen molar-refractivity contribution in [1.29, 1.82) is 0 Å². The average Bonchev–Trinajstić information content (AvgIpc) is 3.66. The molecule has 2 aliphatic carbocycles. The Kier molecular flexibility index (Phi) is 6.00. The van der Waals surface area contributed by atoms with E-state index in [-0.39, 0.29) is 28.9 Å². The van der Waals surface area contributed by atoms with Gasteiger partial charge < -0.3 is 34.8 Å². The summed E-state index contributed by atoms with van der Waals surface area (Å²) in [7, 11) is 3.05. The maximum Gasteiger partial charge on any atom is 0.254 e. The maximum atomic E-state index is 13.4. The number of aromatic hydroxyl groups is 1. The molecule has 0 unspecified atom stereocenters. The zero-order valence-corrected chi connectivity index (χ0v) is 22.8. The zero-order valence-electron chi connectivity index (χ0n) is 22.8. The highest BCUT2D eigenvalue weighted by molar-refractivity contribution is 6.04. The predicted octanol–water partition coefficient (Wildman–Crippen LogP) is 3.67. The van der Waals surface area contributed by atoms with E-state index in [4.69, 9.17) is 14.2 Å². The van der Waals surface area contributed by atoms with Crippen LogP contribution in [0.5, 0.6) is 23.0 Å². The van der Waals surface area contributed by atoms with Gasteiger partial charge in [-0.1, -0.05) is 6.07 Å². The fourth-order valence-electron chi connectivity index (χ4n) is 6.99. The molecule has 1 saturated carbocycles. The van der Waals surface area contributed by atoms with Gasteiger partial charge in [0.1, 0.15) is 17.3 Å². The molecule has 39 heavy (non-hydrogen) atoms. The summed E-state index contributed by atoms with van der Waals surface area (Å²) in [6.45, 7) is 5.02. The van der Waals surface area contributed by atoms with Crippen LogP contribution in [-0.4, -0.2) is 71.2 Å². The highest BCUT2D eigenvalue weighted by Crippen LogP contribution is 2.63. The summed E-state index contributed by atoms with van der Waals surface area (Å²) >= 11 is 0. The van der Waals surface area contributed by atoms with Gasteiger partial charge in [0, 0.05) is 42.0 Å². The largest absolute Gasteiger partial charge is 0.508 e. The molecule has 2 heterocycles. The van der Waals surface area contributed by atoms with Crippen LogP contribution in [0, 0.1) is 5.92 Å². The van der Waals surface area contributed by atoms with Crippen LogP contribution in [0.15, 0.2) is 41.7 Å². The lowest BCUT2D eigenvalue weighted by molar-refractivity contribution is -0.153. The number of methoxy groups -OCH3 is 2. The molecule has 2 aliphatic heterocycles. The predicted molar refractivity (Wildman–Crippen MR) is 145 cm³/mol. The van der Waals surface area contributed by atoms with Crippen molar-refractivity contribution in [2.24, 2.45) is 5.92 Å². The number of hydrogen-bond acceptors (Lipinski definition) is 8. The Balaban J connectivity index is 1.39. The van der Waals surface area contributed by atoms with Crippen LogP contribution < -0.4 is 19.5 Å². The summed E-state index contributed by atoms with van der Waals surface area (Å²) < 4.78 is 16.9. The van der Waals surface area contributed by atoms with E-state index in [2.05, 4.69) is 10.2 Å². The molecular formula is C30H36N2O7. The second-order valence-corrected chi connectivity index (χ2v) is 11.5. The molecule has 2 fully saturated rings. The first-order valence-electron chi connectivity index (χ1n) is 13.5. The monoisotopic (exact) mass is 536 g/mol. The Labute approximate surface area is 228 Å². The fraction of sp³-hybridized carbons (Fsp3) is 0.500. The van der Waals surface area contributed by atoms with Crippen LogP contribution in [0.3, 0.4) is 0 Å². The van der Waals surface area contributed by atoms with E-state index < -0.39 is 23.0 Å². The van der Waals surface area contributed by atoms with Crippen LogP contribution in [-0.2, 0) is 16.6 Å². The highest BCUT2D eigenvalue weighted by Gasteiger charge is 2.69. The van der Waals surface area contributed by atoms with Gasteiger partial charge in [0.2, 0.25) is 0 Å². The number of anilines is 1. The number of rotatable bonds is 7. The summed E-state index contributed by atoms with van der Waals surface area (Å²) in [5, 5.41) is 37.5. The quantitative estimate of drug-likeness (QED) is 0.313. The number of phenolic OH excluding ortho intramolecular Hbond substituents is 1. The van der Waals surface area contributed by atoms with E-state index >= 15 is 0 Å². The number of carbonyl (C=O) groups excluding carboxylic acids is 1. The van der Waals surface area contributed by atoms with E-state index in [0.717, 1.165) is 24.2 Å². The van der Waals surface area contributed by atoms with Crippen LogP contribution in [0.2, 0.25) is 0 Å². The minimum absolute atomic E-state index is 0.0383. The minimum Gasteiger partial charge on any atom is -0.508 e. The Morgan fingerprint density at radius 2 is 1.87 bits per heavy atom. The lowest BCUT2D eigenvalue weighted by Gasteiger charge is -2.59. The third kappa shape index (κ3) is 3.85. The number of amides is 1. The van der Waals surface area contributed by atoms with Crippen molar-refractivity contribution < 1.29 is 34.3 Å². The molecule has 1 spiro atoms. The van der Waals surface area contributed by atoms with Crippen LogP contribution >= 0.6 is 0 Å². The second kappa shape index (κ2) is 9.06. The van der Waals surface area contributed by atoms with Crippen molar-refractivity contribution in [3.05, 3.63) is 52.8 Å². The number of likely N-dealkylation sites (tertiary alicyclic amines) is 1. The molecule has 1 saturated heterocycles. The number of hydrogen-bond donors (Lipinski definition) is 4. The van der Waals surface area contributed by atoms with Crippen molar-refractivity contribution in [2.45, 2.75) is 62.7 Å². The number of carbonyl (C=O) groups is 1. The molecule has 2 bridgehead atoms. The van der Waals surface area contributed by atoms with Crippen molar-refractivity contribution in [3.63, 3.8) is 0 Å².